The number of pyridine rings is 1. The van der Waals surface area contributed by atoms with Crippen LogP contribution >= 0.6 is 0 Å². The Morgan fingerprint density at radius 3 is 2.50 bits per heavy atom. The summed E-state index contributed by atoms with van der Waals surface area (Å²) < 4.78 is 69.1. The van der Waals surface area contributed by atoms with Gasteiger partial charge in [0.15, 0.2) is 11.5 Å². The molecule has 0 radical (unpaired) electrons. The van der Waals surface area contributed by atoms with E-state index in [1.54, 1.807) is 17.9 Å². The first kappa shape index (κ1) is 25.6. The maximum Gasteiger partial charge on any atom is 0.435 e. The number of amides is 1. The number of aromatic nitrogens is 3. The summed E-state index contributed by atoms with van der Waals surface area (Å²) in [6, 6.07) is 4.09. The van der Waals surface area contributed by atoms with Gasteiger partial charge in [0.2, 0.25) is 0 Å². The zero-order valence-electron chi connectivity index (χ0n) is 18.6. The first-order chi connectivity index (χ1) is 16.0. The van der Waals surface area contributed by atoms with Crippen LogP contribution in [-0.4, -0.2) is 74.2 Å². The lowest BCUT2D eigenvalue weighted by atomic mass is 10.2. The van der Waals surface area contributed by atoms with E-state index in [-0.39, 0.29) is 23.7 Å². The molecule has 0 aliphatic carbocycles. The molecule has 0 saturated carbocycles. The Balaban J connectivity index is 1.67. The minimum absolute atomic E-state index is 0.0641. The molecule has 0 atom stereocenters. The molecule has 3 heterocycles. The van der Waals surface area contributed by atoms with Crippen LogP contribution in [0.15, 0.2) is 24.4 Å². The van der Waals surface area contributed by atoms with E-state index in [2.05, 4.69) is 29.9 Å². The second-order valence-electron chi connectivity index (χ2n) is 7.46. The summed E-state index contributed by atoms with van der Waals surface area (Å²) in [6.07, 6.45) is -3.21. The molecule has 1 aliphatic heterocycles. The average Bonchev–Trinajstić information content (AvgIpc) is 2.78. The number of halogens is 3. The second-order valence-corrected chi connectivity index (χ2v) is 8.96. The molecule has 0 spiro atoms. The van der Waals surface area contributed by atoms with Crippen molar-refractivity contribution in [1.29, 1.82) is 0 Å². The summed E-state index contributed by atoms with van der Waals surface area (Å²) in [6.45, 7) is 3.80. The summed E-state index contributed by atoms with van der Waals surface area (Å²) in [4.78, 5) is 18.9. The first-order valence-electron chi connectivity index (χ1n) is 10.4. The molecule has 3 rings (SSSR count). The molecule has 11 nitrogen and oxygen atoms in total. The summed E-state index contributed by atoms with van der Waals surface area (Å²) in [7, 11) is -2.42. The van der Waals surface area contributed by atoms with Gasteiger partial charge in [-0.05, 0) is 23.8 Å². The normalized spacial score (nSPS) is 15.3. The van der Waals surface area contributed by atoms with E-state index in [0.29, 0.717) is 38.3 Å². The molecule has 1 amide bonds. The lowest BCUT2D eigenvalue weighted by molar-refractivity contribution is -0.140. The smallest absolute Gasteiger partial charge is 0.367 e. The summed E-state index contributed by atoms with van der Waals surface area (Å²) in [5, 5.41) is 9.85. The van der Waals surface area contributed by atoms with Crippen LogP contribution in [0.1, 0.15) is 28.7 Å². The summed E-state index contributed by atoms with van der Waals surface area (Å²) >= 11 is 0. The number of hydrogen-bond donors (Lipinski definition) is 3. The topological polar surface area (TPSA) is 132 Å². The summed E-state index contributed by atoms with van der Waals surface area (Å²) in [5.74, 6) is -0.630. The van der Waals surface area contributed by atoms with Gasteiger partial charge in [-0.2, -0.15) is 31.4 Å². The van der Waals surface area contributed by atoms with E-state index < -0.39 is 28.0 Å². The number of hydrogen-bond acceptors (Lipinski definition) is 8. The lowest BCUT2D eigenvalue weighted by Gasteiger charge is -2.36. The maximum absolute atomic E-state index is 13.6. The van der Waals surface area contributed by atoms with Gasteiger partial charge < -0.3 is 10.2 Å². The highest BCUT2D eigenvalue weighted by Gasteiger charge is 2.38. The van der Waals surface area contributed by atoms with Gasteiger partial charge >= 0.3 is 6.18 Å². The Hall–Kier alpha value is -3.04. The molecule has 15 heteroatoms. The Kier molecular flexibility index (Phi) is 7.89. The van der Waals surface area contributed by atoms with Crippen molar-refractivity contribution in [1.82, 2.24) is 30.1 Å². The zero-order chi connectivity index (χ0) is 24.9. The molecular weight excluding hydrogens is 477 g/mol. The molecule has 1 saturated heterocycles. The van der Waals surface area contributed by atoms with Crippen molar-refractivity contribution in [2.75, 3.05) is 49.4 Å². The molecule has 2 aromatic rings. The van der Waals surface area contributed by atoms with Crippen molar-refractivity contribution in [3.8, 4) is 0 Å². The van der Waals surface area contributed by atoms with Crippen molar-refractivity contribution in [3.05, 3.63) is 41.3 Å². The third kappa shape index (κ3) is 6.51. The van der Waals surface area contributed by atoms with Gasteiger partial charge in [0.05, 0.1) is 11.9 Å². The van der Waals surface area contributed by atoms with Crippen molar-refractivity contribution in [2.45, 2.75) is 19.6 Å². The molecule has 3 N–H and O–H groups in total. The Morgan fingerprint density at radius 2 is 1.88 bits per heavy atom. The van der Waals surface area contributed by atoms with Crippen LogP contribution in [-0.2, 0) is 22.9 Å². The molecule has 0 bridgehead atoms. The van der Waals surface area contributed by atoms with E-state index in [1.807, 2.05) is 4.90 Å². The minimum Gasteiger partial charge on any atom is -0.367 e. The van der Waals surface area contributed by atoms with E-state index in [0.717, 1.165) is 0 Å². The standard InChI is InChI=1S/C19H25F3N8O3S/c1-3-25-34(32,33)28-16-10-13(11-24-27-16)12-29-6-8-30(9-7-29)15-5-4-14(18(31)23-2)26-17(15)19(20,21)22/h4-5,10-11,25H,3,6-9,12H2,1-2H3,(H,23,31)(H,27,28). The number of carbonyl (C=O) groups is 1. The highest BCUT2D eigenvalue weighted by molar-refractivity contribution is 7.90. The van der Waals surface area contributed by atoms with Crippen LogP contribution in [0.5, 0.6) is 0 Å². The number of anilines is 2. The van der Waals surface area contributed by atoms with E-state index in [4.69, 9.17) is 0 Å². The van der Waals surface area contributed by atoms with Crippen LogP contribution in [0.25, 0.3) is 0 Å². The SMILES string of the molecule is CCNS(=O)(=O)Nc1cc(CN2CCN(c3ccc(C(=O)NC)nc3C(F)(F)F)CC2)cnn1. The van der Waals surface area contributed by atoms with Gasteiger partial charge in [-0.1, -0.05) is 6.92 Å². The largest absolute Gasteiger partial charge is 0.435 e. The lowest BCUT2D eigenvalue weighted by Crippen LogP contribution is -2.46. The van der Waals surface area contributed by atoms with Crippen molar-refractivity contribution in [2.24, 2.45) is 0 Å². The molecule has 186 valence electrons. The van der Waals surface area contributed by atoms with Crippen LogP contribution in [0.3, 0.4) is 0 Å². The highest BCUT2D eigenvalue weighted by atomic mass is 32.2. The average molecular weight is 503 g/mol. The number of piperazine rings is 1. The third-order valence-corrected chi connectivity index (χ3v) is 6.15. The second kappa shape index (κ2) is 10.5. The Morgan fingerprint density at radius 1 is 1.18 bits per heavy atom. The van der Waals surface area contributed by atoms with Gasteiger partial charge in [0.25, 0.3) is 16.1 Å². The first-order valence-corrected chi connectivity index (χ1v) is 11.9. The number of nitrogens with one attached hydrogen (secondary N) is 3. The van der Waals surface area contributed by atoms with E-state index in [1.165, 1.54) is 25.4 Å². The fourth-order valence-corrected chi connectivity index (χ4v) is 4.31. The van der Waals surface area contributed by atoms with Crippen LogP contribution < -0.4 is 19.7 Å². The molecular formula is C19H25F3N8O3S. The monoisotopic (exact) mass is 502 g/mol. The summed E-state index contributed by atoms with van der Waals surface area (Å²) in [5.41, 5.74) is -0.781. The predicted molar refractivity (Wildman–Crippen MR) is 118 cm³/mol. The Labute approximate surface area is 194 Å². The van der Waals surface area contributed by atoms with Crippen molar-refractivity contribution < 1.29 is 26.4 Å². The molecule has 2 aromatic heterocycles. The predicted octanol–water partition coefficient (Wildman–Crippen LogP) is 0.838. The quantitative estimate of drug-likeness (QED) is 0.484. The van der Waals surface area contributed by atoms with Crippen molar-refractivity contribution >= 4 is 27.6 Å². The van der Waals surface area contributed by atoms with Gasteiger partial charge in [0.1, 0.15) is 5.69 Å². The number of nitrogens with zero attached hydrogens (tertiary/aromatic N) is 5. The van der Waals surface area contributed by atoms with Gasteiger partial charge in [-0.15, -0.1) is 5.10 Å². The fourth-order valence-electron chi connectivity index (χ4n) is 3.48. The molecule has 34 heavy (non-hydrogen) atoms. The van der Waals surface area contributed by atoms with Gasteiger partial charge in [0, 0.05) is 46.3 Å². The maximum atomic E-state index is 13.6. The Bertz CT molecular complexity index is 1120. The third-order valence-electron chi connectivity index (χ3n) is 5.01. The van der Waals surface area contributed by atoms with Crippen LogP contribution in [0, 0.1) is 0 Å². The number of rotatable bonds is 8. The van der Waals surface area contributed by atoms with Gasteiger partial charge in [-0.3, -0.25) is 14.4 Å². The number of carbonyl (C=O) groups excluding carboxylic acids is 1. The van der Waals surface area contributed by atoms with Crippen LogP contribution in [0.4, 0.5) is 24.7 Å². The van der Waals surface area contributed by atoms with E-state index >= 15 is 0 Å². The molecule has 1 fully saturated rings. The zero-order valence-corrected chi connectivity index (χ0v) is 19.4. The molecule has 1 aliphatic rings. The van der Waals surface area contributed by atoms with Crippen molar-refractivity contribution in [3.63, 3.8) is 0 Å². The van der Waals surface area contributed by atoms with Crippen LogP contribution in [0.2, 0.25) is 0 Å². The number of alkyl halides is 3. The highest BCUT2D eigenvalue weighted by Crippen LogP contribution is 2.35. The minimum atomic E-state index is -4.71. The van der Waals surface area contributed by atoms with Gasteiger partial charge in [-0.25, -0.2) is 4.98 Å². The molecule has 0 aromatic carbocycles. The van der Waals surface area contributed by atoms with E-state index in [9.17, 15) is 26.4 Å². The molecule has 0 unspecified atom stereocenters. The fraction of sp³-hybridized carbons (Fsp3) is 0.474.